The first-order valence-electron chi connectivity index (χ1n) is 1.54. The Kier molecular flexibility index (Phi) is 10.5. The van der Waals surface area contributed by atoms with Gasteiger partial charge in [0.25, 0.3) is 0 Å². The Labute approximate surface area is 54.2 Å². The van der Waals surface area contributed by atoms with Gasteiger partial charge in [-0.3, -0.25) is 0 Å². The summed E-state index contributed by atoms with van der Waals surface area (Å²) in [6, 6.07) is 0. The van der Waals surface area contributed by atoms with Crippen LogP contribution in [0.4, 0.5) is 0 Å². The Bertz CT molecular complexity index is 34.1. The number of hydrogen-bond donors (Lipinski definition) is 0. The van der Waals surface area contributed by atoms with E-state index in [1.165, 1.54) is 0 Å². The molecule has 0 saturated carbocycles. The van der Waals surface area contributed by atoms with Gasteiger partial charge in [0.2, 0.25) is 0 Å². The maximum atomic E-state index is 9.41. The van der Waals surface area contributed by atoms with Crippen LogP contribution in [0.15, 0.2) is 0 Å². The molecule has 0 aliphatic heterocycles. The SMILES string of the molecule is CCOP([O-])[O-].[Fe+2]. The smallest absolute Gasteiger partial charge is 0.820 e. The van der Waals surface area contributed by atoms with Crippen LogP contribution in [0.25, 0.3) is 0 Å². The fourth-order valence-electron chi connectivity index (χ4n) is 0.105. The molecule has 0 aromatic carbocycles. The van der Waals surface area contributed by atoms with Crippen LogP contribution in [0.2, 0.25) is 0 Å². The summed E-state index contributed by atoms with van der Waals surface area (Å²) >= 11 is 0. The van der Waals surface area contributed by atoms with E-state index >= 15 is 0 Å². The molecule has 0 aromatic rings. The minimum atomic E-state index is -2.60. The third-order valence-electron chi connectivity index (χ3n) is 0.235. The minimum absolute atomic E-state index is 0. The monoisotopic (exact) mass is 164 g/mol. The minimum Gasteiger partial charge on any atom is -0.820 e. The Hall–Kier alpha value is 0.829. The van der Waals surface area contributed by atoms with Gasteiger partial charge < -0.3 is 14.3 Å². The molecule has 0 atom stereocenters. The summed E-state index contributed by atoms with van der Waals surface area (Å²) in [5.41, 5.74) is 0. The first kappa shape index (κ1) is 10.7. The first-order chi connectivity index (χ1) is 2.77. The van der Waals surface area contributed by atoms with Crippen molar-refractivity contribution in [2.75, 3.05) is 6.61 Å². The van der Waals surface area contributed by atoms with Crippen LogP contribution in [0, 0.1) is 0 Å². The summed E-state index contributed by atoms with van der Waals surface area (Å²) in [5, 5.41) is 0. The van der Waals surface area contributed by atoms with Crippen molar-refractivity contribution in [1.29, 1.82) is 0 Å². The Morgan fingerprint density at radius 2 is 2.00 bits per heavy atom. The first-order valence-corrected chi connectivity index (χ1v) is 2.64. The van der Waals surface area contributed by atoms with Crippen LogP contribution in [0.5, 0.6) is 0 Å². The average molecular weight is 164 g/mol. The van der Waals surface area contributed by atoms with Crippen LogP contribution in [0.1, 0.15) is 6.92 Å². The molecule has 0 heterocycles. The van der Waals surface area contributed by atoms with E-state index in [0.29, 0.717) is 0 Å². The normalized spacial score (nSPS) is 8.57. The van der Waals surface area contributed by atoms with Gasteiger partial charge in [0.15, 0.2) is 0 Å². The standard InChI is InChI=1S/C2H5O3P.Fe/c1-2-5-6(3)4;/h2H2,1H3;/q-2;+2. The molecule has 0 fully saturated rings. The van der Waals surface area contributed by atoms with Crippen molar-refractivity contribution in [2.24, 2.45) is 0 Å². The fraction of sp³-hybridized carbons (Fsp3) is 1.00. The summed E-state index contributed by atoms with van der Waals surface area (Å²) in [5.74, 6) is 0. The second-order valence-electron chi connectivity index (χ2n) is 0.641. The van der Waals surface area contributed by atoms with E-state index in [0.717, 1.165) is 0 Å². The van der Waals surface area contributed by atoms with Crippen molar-refractivity contribution >= 4 is 8.60 Å². The van der Waals surface area contributed by atoms with Gasteiger partial charge in [-0.15, -0.1) is 0 Å². The van der Waals surface area contributed by atoms with Crippen LogP contribution in [-0.2, 0) is 21.6 Å². The van der Waals surface area contributed by atoms with Gasteiger partial charge in [-0.2, -0.15) is 8.60 Å². The maximum absolute atomic E-state index is 9.41. The number of rotatable bonds is 2. The molecule has 7 heavy (non-hydrogen) atoms. The molecule has 0 spiro atoms. The summed E-state index contributed by atoms with van der Waals surface area (Å²) < 4.78 is 4.00. The molecule has 0 bridgehead atoms. The van der Waals surface area contributed by atoms with E-state index in [9.17, 15) is 9.79 Å². The molecular formula is C2H5FeO3P. The third kappa shape index (κ3) is 10.9. The topological polar surface area (TPSA) is 55.3 Å². The molecule has 0 rings (SSSR count). The molecule has 0 aromatic heterocycles. The Morgan fingerprint density at radius 3 is 2.00 bits per heavy atom. The molecule has 0 aliphatic rings. The largest absolute Gasteiger partial charge is 2.00 e. The van der Waals surface area contributed by atoms with Crippen molar-refractivity contribution in [2.45, 2.75) is 6.92 Å². The van der Waals surface area contributed by atoms with E-state index in [1.807, 2.05) is 0 Å². The summed E-state index contributed by atoms with van der Waals surface area (Å²) in [7, 11) is -2.60. The van der Waals surface area contributed by atoms with Gasteiger partial charge in [-0.25, -0.2) is 0 Å². The van der Waals surface area contributed by atoms with E-state index in [4.69, 9.17) is 0 Å². The quantitative estimate of drug-likeness (QED) is 0.387. The average Bonchev–Trinajstić information content (AvgIpc) is 1.35. The molecule has 0 saturated heterocycles. The van der Waals surface area contributed by atoms with Gasteiger partial charge in [0.05, 0.1) is 0 Å². The van der Waals surface area contributed by atoms with Crippen molar-refractivity contribution in [3.8, 4) is 0 Å². The van der Waals surface area contributed by atoms with E-state index in [2.05, 4.69) is 4.52 Å². The van der Waals surface area contributed by atoms with Crippen LogP contribution in [0.3, 0.4) is 0 Å². The second kappa shape index (κ2) is 6.83. The van der Waals surface area contributed by atoms with E-state index in [1.54, 1.807) is 6.92 Å². The molecule has 0 radical (unpaired) electrons. The molecule has 0 amide bonds. The van der Waals surface area contributed by atoms with Gasteiger partial charge in [0.1, 0.15) is 0 Å². The second-order valence-corrected chi connectivity index (χ2v) is 1.35. The van der Waals surface area contributed by atoms with Gasteiger partial charge >= 0.3 is 17.1 Å². The van der Waals surface area contributed by atoms with Gasteiger partial charge in [-0.1, -0.05) is 0 Å². The molecule has 0 N–H and O–H groups in total. The van der Waals surface area contributed by atoms with E-state index < -0.39 is 8.60 Å². The Morgan fingerprint density at radius 1 is 1.57 bits per heavy atom. The van der Waals surface area contributed by atoms with Crippen molar-refractivity contribution < 1.29 is 31.4 Å². The van der Waals surface area contributed by atoms with Gasteiger partial charge in [-0.05, 0) is 6.92 Å². The van der Waals surface area contributed by atoms with Crippen molar-refractivity contribution in [3.63, 3.8) is 0 Å². The predicted molar refractivity (Wildman–Crippen MR) is 18.5 cm³/mol. The van der Waals surface area contributed by atoms with Crippen LogP contribution < -0.4 is 9.79 Å². The maximum Gasteiger partial charge on any atom is 2.00 e. The summed E-state index contributed by atoms with van der Waals surface area (Å²) in [6.07, 6.45) is 0. The predicted octanol–water partition coefficient (Wildman–Crippen LogP) is -1.03. The zero-order valence-corrected chi connectivity index (χ0v) is 5.73. The fourth-order valence-corrected chi connectivity index (χ4v) is 0.316. The van der Waals surface area contributed by atoms with Crippen molar-refractivity contribution in [3.05, 3.63) is 0 Å². The number of hydrogen-bond acceptors (Lipinski definition) is 3. The molecule has 0 aliphatic carbocycles. The zero-order valence-electron chi connectivity index (χ0n) is 3.73. The third-order valence-corrected chi connectivity index (χ3v) is 0.704. The van der Waals surface area contributed by atoms with Crippen molar-refractivity contribution in [1.82, 2.24) is 0 Å². The van der Waals surface area contributed by atoms with Crippen LogP contribution in [-0.4, -0.2) is 6.61 Å². The molecule has 0 unspecified atom stereocenters. The summed E-state index contributed by atoms with van der Waals surface area (Å²) in [6.45, 7) is 1.85. The molecular weight excluding hydrogens is 159 g/mol. The zero-order chi connectivity index (χ0) is 4.99. The molecule has 3 nitrogen and oxygen atoms in total. The summed E-state index contributed by atoms with van der Waals surface area (Å²) in [4.78, 5) is 18.8. The molecule has 44 valence electrons. The van der Waals surface area contributed by atoms with E-state index in [-0.39, 0.29) is 23.7 Å². The molecule has 5 heteroatoms. The van der Waals surface area contributed by atoms with Gasteiger partial charge in [0, 0.05) is 6.61 Å². The Balaban J connectivity index is 0. The van der Waals surface area contributed by atoms with Crippen LogP contribution >= 0.6 is 8.60 Å².